The highest BCUT2D eigenvalue weighted by Crippen LogP contribution is 2.44. The van der Waals surface area contributed by atoms with Gasteiger partial charge in [0.2, 0.25) is 0 Å². The molecule has 4 heteroatoms. The molecule has 52 heavy (non-hydrogen) atoms. The molecular weight excluding hydrogens is 671 g/mol. The SMILES string of the molecule is c1ccc(-c2ccc3oc4ccc(-c5ccc6sc7cc8c(cc7c6c5)sc5ccc(-n6c7ccccc7c7ccccc76)cc58)cc4c3c2)cc1. The van der Waals surface area contributed by atoms with Crippen LogP contribution in [0, 0.1) is 0 Å². The van der Waals surface area contributed by atoms with Gasteiger partial charge >= 0.3 is 0 Å². The van der Waals surface area contributed by atoms with Crippen molar-refractivity contribution in [2.45, 2.75) is 0 Å². The molecular formula is C48H27NOS2. The van der Waals surface area contributed by atoms with Gasteiger partial charge in [-0.1, -0.05) is 84.9 Å². The van der Waals surface area contributed by atoms with Crippen LogP contribution in [-0.4, -0.2) is 4.57 Å². The second-order valence-corrected chi connectivity index (χ2v) is 15.9. The fraction of sp³-hybridized carbons (Fsp3) is 0. The van der Waals surface area contributed by atoms with Crippen LogP contribution >= 0.6 is 22.7 Å². The number of thiophene rings is 2. The molecule has 242 valence electrons. The first kappa shape index (κ1) is 28.5. The summed E-state index contributed by atoms with van der Waals surface area (Å²) < 4.78 is 14.0. The Kier molecular flexibility index (Phi) is 5.84. The Hall–Kier alpha value is -6.20. The Morgan fingerprint density at radius 2 is 0.808 bits per heavy atom. The minimum Gasteiger partial charge on any atom is -0.456 e. The normalized spacial score (nSPS) is 12.2. The predicted octanol–water partition coefficient (Wildman–Crippen LogP) is 14.8. The van der Waals surface area contributed by atoms with Crippen LogP contribution in [0.3, 0.4) is 0 Å². The van der Waals surface area contributed by atoms with Crippen LogP contribution in [-0.2, 0) is 0 Å². The lowest BCUT2D eigenvalue weighted by molar-refractivity contribution is 0.669. The quantitative estimate of drug-likeness (QED) is 0.180. The number of benzene rings is 8. The summed E-state index contributed by atoms with van der Waals surface area (Å²) in [7, 11) is 0. The van der Waals surface area contributed by atoms with Gasteiger partial charge in [-0.2, -0.15) is 0 Å². The fourth-order valence-corrected chi connectivity index (χ4v) is 10.5. The van der Waals surface area contributed by atoms with E-state index in [0.717, 1.165) is 21.9 Å². The first-order chi connectivity index (χ1) is 25.7. The van der Waals surface area contributed by atoms with Crippen molar-refractivity contribution >= 4 is 107 Å². The highest BCUT2D eigenvalue weighted by molar-refractivity contribution is 7.27. The molecule has 0 aliphatic heterocycles. The number of hydrogen-bond donors (Lipinski definition) is 0. The molecule has 0 aliphatic carbocycles. The number of fused-ring (bicyclic) bond motifs is 12. The van der Waals surface area contributed by atoms with Crippen molar-refractivity contribution < 1.29 is 4.42 Å². The Balaban J connectivity index is 0.990. The third kappa shape index (κ3) is 4.11. The molecule has 2 nitrogen and oxygen atoms in total. The zero-order chi connectivity index (χ0) is 33.9. The first-order valence-corrected chi connectivity index (χ1v) is 19.2. The standard InChI is InChI=1S/C48H27NOS2/c1-2-8-28(9-3-1)29-14-18-43-35(22-29)36-23-30(15-19-44(36)50-43)31-16-20-45-37(24-31)39-26-48-40(27-47(39)51-45)38-25-32(17-21-46(38)52-48)49-41-12-6-4-10-33(41)34-11-5-7-13-42(34)49/h1-27H. The van der Waals surface area contributed by atoms with E-state index in [1.165, 1.54) is 90.1 Å². The second kappa shape index (κ2) is 10.7. The molecule has 0 atom stereocenters. The molecule has 0 bridgehead atoms. The molecule has 0 unspecified atom stereocenters. The topological polar surface area (TPSA) is 18.1 Å². The molecule has 0 spiro atoms. The van der Waals surface area contributed by atoms with Gasteiger partial charge in [0, 0.05) is 67.6 Å². The largest absolute Gasteiger partial charge is 0.456 e. The summed E-state index contributed by atoms with van der Waals surface area (Å²) in [6, 6.07) is 59.9. The van der Waals surface area contributed by atoms with E-state index in [4.69, 9.17) is 4.42 Å². The zero-order valence-corrected chi connectivity index (χ0v) is 29.4. The number of hydrogen-bond acceptors (Lipinski definition) is 3. The number of furan rings is 1. The summed E-state index contributed by atoms with van der Waals surface area (Å²) in [4.78, 5) is 0. The van der Waals surface area contributed by atoms with Gasteiger partial charge in [-0.3, -0.25) is 0 Å². The van der Waals surface area contributed by atoms with E-state index >= 15 is 0 Å². The lowest BCUT2D eigenvalue weighted by atomic mass is 9.99. The van der Waals surface area contributed by atoms with Gasteiger partial charge in [0.1, 0.15) is 11.2 Å². The van der Waals surface area contributed by atoms with Crippen LogP contribution in [0.2, 0.25) is 0 Å². The van der Waals surface area contributed by atoms with Crippen LogP contribution in [0.4, 0.5) is 0 Å². The molecule has 0 fully saturated rings. The first-order valence-electron chi connectivity index (χ1n) is 17.6. The average molecular weight is 698 g/mol. The number of rotatable bonds is 3. The average Bonchev–Trinajstić information content (AvgIpc) is 3.95. The van der Waals surface area contributed by atoms with Crippen molar-refractivity contribution in [1.82, 2.24) is 4.57 Å². The fourth-order valence-electron chi connectivity index (χ4n) is 8.32. The Labute approximate surface area is 306 Å². The molecule has 4 aromatic heterocycles. The van der Waals surface area contributed by atoms with E-state index in [2.05, 4.69) is 168 Å². The monoisotopic (exact) mass is 697 g/mol. The Bertz CT molecular complexity index is 3360. The highest BCUT2D eigenvalue weighted by atomic mass is 32.1. The van der Waals surface area contributed by atoms with E-state index in [1.54, 1.807) is 0 Å². The summed E-state index contributed by atoms with van der Waals surface area (Å²) in [5.74, 6) is 0. The van der Waals surface area contributed by atoms with Crippen molar-refractivity contribution in [3.05, 3.63) is 164 Å². The van der Waals surface area contributed by atoms with Gasteiger partial charge in [-0.25, -0.2) is 0 Å². The molecule has 0 N–H and O–H groups in total. The summed E-state index contributed by atoms with van der Waals surface area (Å²) in [6.07, 6.45) is 0. The molecule has 8 aromatic carbocycles. The number of nitrogens with zero attached hydrogens (tertiary/aromatic N) is 1. The van der Waals surface area contributed by atoms with E-state index < -0.39 is 0 Å². The molecule has 12 aromatic rings. The summed E-state index contributed by atoms with van der Waals surface area (Å²) in [5.41, 5.74) is 10.3. The third-order valence-corrected chi connectivity index (χ3v) is 13.1. The minimum absolute atomic E-state index is 0.916. The van der Waals surface area contributed by atoms with Gasteiger partial charge in [0.05, 0.1) is 11.0 Å². The maximum absolute atomic E-state index is 6.28. The Morgan fingerprint density at radius 1 is 0.327 bits per heavy atom. The van der Waals surface area contributed by atoms with Crippen molar-refractivity contribution in [1.29, 1.82) is 0 Å². The predicted molar refractivity (Wildman–Crippen MR) is 225 cm³/mol. The molecule has 0 saturated carbocycles. The number of para-hydroxylation sites is 2. The summed E-state index contributed by atoms with van der Waals surface area (Å²) in [5, 5.41) is 10.1. The van der Waals surface area contributed by atoms with Gasteiger partial charge in [0.25, 0.3) is 0 Å². The number of aromatic nitrogens is 1. The van der Waals surface area contributed by atoms with Gasteiger partial charge in [-0.05, 0) is 101 Å². The van der Waals surface area contributed by atoms with Crippen molar-refractivity contribution in [2.75, 3.05) is 0 Å². The van der Waals surface area contributed by atoms with Gasteiger partial charge < -0.3 is 8.98 Å². The third-order valence-electron chi connectivity index (χ3n) is 10.8. The molecule has 4 heterocycles. The minimum atomic E-state index is 0.916. The molecule has 0 saturated heterocycles. The molecule has 12 rings (SSSR count). The zero-order valence-electron chi connectivity index (χ0n) is 27.8. The van der Waals surface area contributed by atoms with Crippen molar-refractivity contribution in [3.63, 3.8) is 0 Å². The maximum Gasteiger partial charge on any atom is 0.135 e. The lowest BCUT2D eigenvalue weighted by Gasteiger charge is -2.08. The van der Waals surface area contributed by atoms with Gasteiger partial charge in [-0.15, -0.1) is 22.7 Å². The highest BCUT2D eigenvalue weighted by Gasteiger charge is 2.16. The summed E-state index contributed by atoms with van der Waals surface area (Å²) in [6.45, 7) is 0. The smallest absolute Gasteiger partial charge is 0.135 e. The van der Waals surface area contributed by atoms with Crippen LogP contribution in [0.15, 0.2) is 168 Å². The van der Waals surface area contributed by atoms with E-state index in [-0.39, 0.29) is 0 Å². The van der Waals surface area contributed by atoms with Crippen LogP contribution in [0.1, 0.15) is 0 Å². The molecule has 0 radical (unpaired) electrons. The Morgan fingerprint density at radius 3 is 1.44 bits per heavy atom. The van der Waals surface area contributed by atoms with Crippen molar-refractivity contribution in [3.8, 4) is 27.9 Å². The van der Waals surface area contributed by atoms with E-state index in [0.29, 0.717) is 0 Å². The molecule has 0 amide bonds. The second-order valence-electron chi connectivity index (χ2n) is 13.7. The van der Waals surface area contributed by atoms with Crippen LogP contribution in [0.25, 0.3) is 112 Å². The molecule has 0 aliphatic rings. The maximum atomic E-state index is 6.28. The summed E-state index contributed by atoms with van der Waals surface area (Å²) >= 11 is 3.78. The van der Waals surface area contributed by atoms with E-state index in [1.807, 2.05) is 22.7 Å². The van der Waals surface area contributed by atoms with Crippen LogP contribution in [0.5, 0.6) is 0 Å². The van der Waals surface area contributed by atoms with Crippen LogP contribution < -0.4 is 0 Å². The van der Waals surface area contributed by atoms with Gasteiger partial charge in [0.15, 0.2) is 0 Å². The lowest BCUT2D eigenvalue weighted by Crippen LogP contribution is -1.93. The van der Waals surface area contributed by atoms with Crippen molar-refractivity contribution in [2.24, 2.45) is 0 Å². The van der Waals surface area contributed by atoms with E-state index in [9.17, 15) is 0 Å².